The molecule has 0 aromatic carbocycles. The molecule has 3 rings (SSSR count). The molecule has 1 fully saturated rings. The zero-order valence-corrected chi connectivity index (χ0v) is 11.8. The maximum Gasteiger partial charge on any atom is 0.0657 e. The van der Waals surface area contributed by atoms with E-state index in [1.54, 1.807) is 0 Å². The van der Waals surface area contributed by atoms with Crippen molar-refractivity contribution in [3.63, 3.8) is 0 Å². The van der Waals surface area contributed by atoms with Gasteiger partial charge in [0.15, 0.2) is 0 Å². The van der Waals surface area contributed by atoms with Crippen LogP contribution in [0.3, 0.4) is 0 Å². The first-order valence-corrected chi connectivity index (χ1v) is 7.78. The Bertz CT molecular complexity index is 394. The second-order valence-corrected chi connectivity index (χ2v) is 5.75. The Morgan fingerprint density at radius 2 is 2.05 bits per heavy atom. The molecule has 0 radical (unpaired) electrons. The second-order valence-electron chi connectivity index (χ2n) is 5.75. The monoisotopic (exact) mass is 263 g/mol. The normalized spacial score (nSPS) is 21.1. The third-order valence-electron chi connectivity index (χ3n) is 4.34. The number of aromatic nitrogens is 2. The molecule has 1 aliphatic carbocycles. The lowest BCUT2D eigenvalue weighted by atomic mass is 9.95. The number of H-pyrrole nitrogens is 1. The highest BCUT2D eigenvalue weighted by atomic mass is 16.5. The van der Waals surface area contributed by atoms with E-state index in [4.69, 9.17) is 4.74 Å². The average molecular weight is 263 g/mol. The Morgan fingerprint density at radius 3 is 3.05 bits per heavy atom. The molecule has 0 amide bonds. The van der Waals surface area contributed by atoms with Crippen molar-refractivity contribution in [2.45, 2.75) is 44.9 Å². The van der Waals surface area contributed by atoms with Crippen LogP contribution < -0.4 is 0 Å². The third kappa shape index (κ3) is 3.37. The maximum atomic E-state index is 5.49. The summed E-state index contributed by atoms with van der Waals surface area (Å²) in [6.45, 7) is 5.31. The van der Waals surface area contributed by atoms with Gasteiger partial charge >= 0.3 is 0 Å². The summed E-state index contributed by atoms with van der Waals surface area (Å²) in [5, 5.41) is 7.77. The molecule has 4 nitrogen and oxygen atoms in total. The van der Waals surface area contributed by atoms with Crippen LogP contribution in [0.5, 0.6) is 0 Å². The Morgan fingerprint density at radius 1 is 1.11 bits per heavy atom. The molecule has 1 aromatic rings. The number of nitrogens with zero attached hydrogens (tertiary/aromatic N) is 2. The molecule has 2 aliphatic rings. The van der Waals surface area contributed by atoms with Gasteiger partial charge in [0.05, 0.1) is 12.3 Å². The number of nitrogens with one attached hydrogen (secondary N) is 1. The summed E-state index contributed by atoms with van der Waals surface area (Å²) >= 11 is 0. The third-order valence-corrected chi connectivity index (χ3v) is 4.34. The Labute approximate surface area is 115 Å². The van der Waals surface area contributed by atoms with Gasteiger partial charge in [-0.25, -0.2) is 0 Å². The van der Waals surface area contributed by atoms with Gasteiger partial charge in [-0.15, -0.1) is 0 Å². The molecule has 0 spiro atoms. The van der Waals surface area contributed by atoms with Crippen LogP contribution >= 0.6 is 0 Å². The van der Waals surface area contributed by atoms with Crippen LogP contribution in [0, 0.1) is 0 Å². The predicted molar refractivity (Wildman–Crippen MR) is 75.4 cm³/mol. The van der Waals surface area contributed by atoms with Gasteiger partial charge in [-0.05, 0) is 57.1 Å². The minimum atomic E-state index is 0.901. The number of aromatic amines is 1. The summed E-state index contributed by atoms with van der Waals surface area (Å²) in [7, 11) is 0. The molecule has 1 saturated heterocycles. The SMILES string of the molecule is C1CCc2c(CCCN3CCCOCC3)n[nH]c2C1. The number of rotatable bonds is 4. The van der Waals surface area contributed by atoms with Crippen molar-refractivity contribution >= 4 is 0 Å². The lowest BCUT2D eigenvalue weighted by molar-refractivity contribution is 0.141. The van der Waals surface area contributed by atoms with Crippen molar-refractivity contribution in [3.05, 3.63) is 17.0 Å². The molecule has 106 valence electrons. The number of hydrogen-bond donors (Lipinski definition) is 1. The molecule has 0 saturated carbocycles. The highest BCUT2D eigenvalue weighted by Gasteiger charge is 2.16. The van der Waals surface area contributed by atoms with Gasteiger partial charge in [-0.1, -0.05) is 0 Å². The topological polar surface area (TPSA) is 41.1 Å². The fraction of sp³-hybridized carbons (Fsp3) is 0.800. The zero-order valence-electron chi connectivity index (χ0n) is 11.8. The van der Waals surface area contributed by atoms with Crippen molar-refractivity contribution in [2.24, 2.45) is 0 Å². The molecule has 2 heterocycles. The van der Waals surface area contributed by atoms with Crippen LogP contribution in [0.2, 0.25) is 0 Å². The van der Waals surface area contributed by atoms with Crippen molar-refractivity contribution in [3.8, 4) is 0 Å². The zero-order chi connectivity index (χ0) is 12.9. The molecule has 0 atom stereocenters. The number of hydrogen-bond acceptors (Lipinski definition) is 3. The standard InChI is InChI=1S/C15H25N3O/c1-2-6-14-13(5-1)15(17-16-14)7-3-8-18-9-4-11-19-12-10-18/h1-12H2,(H,16,17). The van der Waals surface area contributed by atoms with Gasteiger partial charge in [-0.3, -0.25) is 5.10 Å². The first kappa shape index (κ1) is 13.1. The Kier molecular flexibility index (Phi) is 4.51. The lowest BCUT2D eigenvalue weighted by Crippen LogP contribution is -2.27. The lowest BCUT2D eigenvalue weighted by Gasteiger charge is -2.18. The molecule has 1 N–H and O–H groups in total. The second kappa shape index (κ2) is 6.53. The van der Waals surface area contributed by atoms with Crippen molar-refractivity contribution in [2.75, 3.05) is 32.8 Å². The molecule has 1 aromatic heterocycles. The largest absolute Gasteiger partial charge is 0.380 e. The highest BCUT2D eigenvalue weighted by Crippen LogP contribution is 2.22. The fourth-order valence-corrected chi connectivity index (χ4v) is 3.25. The van der Waals surface area contributed by atoms with Crippen molar-refractivity contribution < 1.29 is 4.74 Å². The molecule has 0 unspecified atom stereocenters. The first-order chi connectivity index (χ1) is 9.43. The van der Waals surface area contributed by atoms with Crippen LogP contribution in [0.4, 0.5) is 0 Å². The van der Waals surface area contributed by atoms with E-state index in [-0.39, 0.29) is 0 Å². The average Bonchev–Trinajstić information content (AvgIpc) is 2.68. The predicted octanol–water partition coefficient (Wildman–Crippen LogP) is 1.94. The van der Waals surface area contributed by atoms with Gasteiger partial charge in [0, 0.05) is 25.4 Å². The van der Waals surface area contributed by atoms with Crippen LogP contribution in [0.15, 0.2) is 0 Å². The van der Waals surface area contributed by atoms with E-state index in [0.717, 1.165) is 26.2 Å². The smallest absolute Gasteiger partial charge is 0.0657 e. The maximum absolute atomic E-state index is 5.49. The molecule has 0 bridgehead atoms. The molecule has 1 aliphatic heterocycles. The van der Waals surface area contributed by atoms with E-state index in [2.05, 4.69) is 15.1 Å². The van der Waals surface area contributed by atoms with E-state index in [0.29, 0.717) is 0 Å². The Hall–Kier alpha value is -0.870. The number of ether oxygens (including phenoxy) is 1. The van der Waals surface area contributed by atoms with Gasteiger partial charge in [0.25, 0.3) is 0 Å². The van der Waals surface area contributed by atoms with Gasteiger partial charge < -0.3 is 9.64 Å². The molecule has 19 heavy (non-hydrogen) atoms. The van der Waals surface area contributed by atoms with E-state index in [1.165, 1.54) is 68.6 Å². The summed E-state index contributed by atoms with van der Waals surface area (Å²) < 4.78 is 5.49. The van der Waals surface area contributed by atoms with Gasteiger partial charge in [-0.2, -0.15) is 5.10 Å². The van der Waals surface area contributed by atoms with Crippen LogP contribution in [0.1, 0.15) is 42.6 Å². The van der Waals surface area contributed by atoms with E-state index < -0.39 is 0 Å². The number of fused-ring (bicyclic) bond motifs is 1. The van der Waals surface area contributed by atoms with Crippen molar-refractivity contribution in [1.29, 1.82) is 0 Å². The molecule has 4 heteroatoms. The summed E-state index contributed by atoms with van der Waals surface area (Å²) in [6.07, 6.45) is 8.62. The van der Waals surface area contributed by atoms with E-state index in [1.807, 2.05) is 0 Å². The van der Waals surface area contributed by atoms with Crippen LogP contribution in [0.25, 0.3) is 0 Å². The quantitative estimate of drug-likeness (QED) is 0.902. The molecular weight excluding hydrogens is 238 g/mol. The summed E-state index contributed by atoms with van der Waals surface area (Å²) in [6, 6.07) is 0. The van der Waals surface area contributed by atoms with Gasteiger partial charge in [0.1, 0.15) is 0 Å². The number of aryl methyl sites for hydroxylation is 2. The minimum absolute atomic E-state index is 0.901. The summed E-state index contributed by atoms with van der Waals surface area (Å²) in [4.78, 5) is 2.53. The Balaban J connectivity index is 1.48. The van der Waals surface area contributed by atoms with E-state index in [9.17, 15) is 0 Å². The van der Waals surface area contributed by atoms with Crippen LogP contribution in [-0.4, -0.2) is 47.9 Å². The van der Waals surface area contributed by atoms with Gasteiger partial charge in [0.2, 0.25) is 0 Å². The highest BCUT2D eigenvalue weighted by molar-refractivity contribution is 5.27. The molecular formula is C15H25N3O. The van der Waals surface area contributed by atoms with Crippen LogP contribution in [-0.2, 0) is 24.0 Å². The minimum Gasteiger partial charge on any atom is -0.380 e. The van der Waals surface area contributed by atoms with E-state index >= 15 is 0 Å². The summed E-state index contributed by atoms with van der Waals surface area (Å²) in [5.74, 6) is 0. The first-order valence-electron chi connectivity index (χ1n) is 7.78. The fourth-order valence-electron chi connectivity index (χ4n) is 3.25. The summed E-state index contributed by atoms with van der Waals surface area (Å²) in [5.41, 5.74) is 4.27. The van der Waals surface area contributed by atoms with Crippen molar-refractivity contribution in [1.82, 2.24) is 15.1 Å².